The molecule has 1 aromatic heterocycles. The van der Waals surface area contributed by atoms with Gasteiger partial charge in [-0.25, -0.2) is 4.79 Å². The number of fused-ring (bicyclic) bond motifs is 1. The van der Waals surface area contributed by atoms with Gasteiger partial charge in [0.25, 0.3) is 0 Å². The SMILES string of the molecule is CC(C)C[C@H](NC(=O)[C@H](Cc1ccccc1)NC(=O)[C@@H](NC(=O)[C@@H](N)CO)[C@@H](C)O)C(=O)NCC(=O)NCC(=O)NCC(=O)NCC(=O)N[C@@H](CO)C(=O)NCC(=O)NCC(=O)NCC(=O)N[C@@H](CO)C(=O)N[C@H](C(=O)N[C@@H](CO)C(=O)NCC(=O)N[C@@H](Cc1c[nH]c2ccccc12)C(=O)N[C@@H](CCCNC(=N)N)C(=O)N[C@@H](CC(C)C)C(=O)N[C@@H](Cc1ccccc1)C(=O)O)C(C)C. The zero-order chi connectivity index (χ0) is 99.8. The molecule has 0 radical (unpaired) electrons. The van der Waals surface area contributed by atoms with Crippen LogP contribution in [-0.4, -0.2) is 324 Å². The van der Waals surface area contributed by atoms with Crippen molar-refractivity contribution in [3.8, 4) is 0 Å². The number of nitrogens with two attached hydrogens (primary N) is 2. The van der Waals surface area contributed by atoms with Crippen molar-refractivity contribution in [1.29, 1.82) is 5.41 Å². The third kappa shape index (κ3) is 41.4. The molecule has 736 valence electrons. The van der Waals surface area contributed by atoms with E-state index in [-0.39, 0.29) is 69.3 Å². The van der Waals surface area contributed by atoms with Gasteiger partial charge >= 0.3 is 5.97 Å². The zero-order valence-electron chi connectivity index (χ0n) is 75.0. The molecule has 0 aliphatic heterocycles. The highest BCUT2D eigenvalue weighted by atomic mass is 16.4. The van der Waals surface area contributed by atoms with Gasteiger partial charge in [0.15, 0.2) is 5.96 Å². The minimum atomic E-state index is -1.80. The molecule has 3 aromatic carbocycles. The molecule has 134 heavy (non-hydrogen) atoms. The first-order valence-electron chi connectivity index (χ1n) is 42.7. The Morgan fingerprint density at radius 1 is 0.351 bits per heavy atom. The molecule has 32 N–H and O–H groups in total. The summed E-state index contributed by atoms with van der Waals surface area (Å²) in [7, 11) is 0. The van der Waals surface area contributed by atoms with E-state index in [2.05, 4.69) is 111 Å². The van der Waals surface area contributed by atoms with Crippen LogP contribution in [0.15, 0.2) is 91.1 Å². The number of aliphatic carboxylic acids is 1. The monoisotopic (exact) mass is 1880 g/mol. The second kappa shape index (κ2) is 58.4. The second-order valence-electron chi connectivity index (χ2n) is 32.1. The van der Waals surface area contributed by atoms with Gasteiger partial charge in [0.05, 0.1) is 84.9 Å². The van der Waals surface area contributed by atoms with Gasteiger partial charge in [-0.3, -0.25) is 96.5 Å². The summed E-state index contributed by atoms with van der Waals surface area (Å²) < 4.78 is 0. The quantitative estimate of drug-likeness (QED) is 0.0111. The summed E-state index contributed by atoms with van der Waals surface area (Å²) in [5.41, 5.74) is 13.4. The lowest BCUT2D eigenvalue weighted by Crippen LogP contribution is -2.61. The highest BCUT2D eigenvalue weighted by Gasteiger charge is 2.38. The van der Waals surface area contributed by atoms with Crippen molar-refractivity contribution in [1.82, 2.24) is 111 Å². The lowest BCUT2D eigenvalue weighted by atomic mass is 10.00. The molecule has 0 aliphatic rings. The Labute approximate surface area is 769 Å². The van der Waals surface area contributed by atoms with Crippen LogP contribution in [0.3, 0.4) is 0 Å². The number of carboxylic acids is 1. The first kappa shape index (κ1) is 112. The van der Waals surface area contributed by atoms with Crippen LogP contribution in [0.25, 0.3) is 10.9 Å². The first-order chi connectivity index (χ1) is 63.4. The van der Waals surface area contributed by atoms with Gasteiger partial charge in [0.1, 0.15) is 72.5 Å². The number of rotatable bonds is 59. The standard InChI is InChI=1S/C84H124N24O26/c1-43(2)25-54(102-78(128)56(27-47-17-10-8-11-18-47)104-82(132)71(46(7)113)108-72(122)51(85)39-109)73(123)95-34-65(117)91-31-62(114)90-32-63(115)93-36-67(119)99-59(40-110)74(124)96-35-66(118)92-33-64(116)94-37-68(120)100-61(42-112)80(130)107-70(45(5)6)81(131)106-60(41-111)75(125)97-38-69(121)98-57(29-49-30-89-52-22-15-14-21-50(49)52)79(129)101-53(23-16-24-88-84(86)87)76(126)103-55(26-44(3)4)77(127)105-58(83(133)134)28-48-19-12-9-13-20-48/h8-15,17-22,30,43-46,51,53-61,70-71,89,109-113H,16,23-29,31-42,85H2,1-7H3,(H,90,114)(H,91,117)(H,92,118)(H,93,115)(H,94,116)(H,95,123)(H,96,124)(H,97,125)(H,98,121)(H,99,119)(H,100,120)(H,101,129)(H,102,128)(H,103,126)(H,104,132)(H,105,127)(H,106,131)(H,107,130)(H,108,122)(H,133,134)(H4,86,87,88)/t46-,51+,53+,54+,55+,56+,57+,58+,59+,60+,61+,70+,71+/m1/s1. The Kier molecular flexibility index (Phi) is 48.8. The van der Waals surface area contributed by atoms with Crippen molar-refractivity contribution in [3.63, 3.8) is 0 Å². The van der Waals surface area contributed by atoms with Crippen LogP contribution in [0.2, 0.25) is 0 Å². The van der Waals surface area contributed by atoms with Gasteiger partial charge in [-0.05, 0) is 73.1 Å². The van der Waals surface area contributed by atoms with Crippen molar-refractivity contribution >= 4 is 135 Å². The summed E-state index contributed by atoms with van der Waals surface area (Å²) >= 11 is 0. The van der Waals surface area contributed by atoms with E-state index in [0.29, 0.717) is 27.6 Å². The summed E-state index contributed by atoms with van der Waals surface area (Å²) in [5.74, 6) is -21.7. The number of guanidine groups is 1. The second-order valence-corrected chi connectivity index (χ2v) is 32.1. The molecule has 0 saturated carbocycles. The molecular formula is C84H124N24O26. The number of amides is 19. The van der Waals surface area contributed by atoms with Gasteiger partial charge < -0.3 is 153 Å². The number of benzene rings is 3. The largest absolute Gasteiger partial charge is 0.480 e. The predicted molar refractivity (Wildman–Crippen MR) is 476 cm³/mol. The summed E-state index contributed by atoms with van der Waals surface area (Å²) in [5, 5.41) is 115. The molecule has 50 heteroatoms. The molecule has 4 aromatic rings. The molecule has 0 aliphatic carbocycles. The number of aromatic amines is 1. The molecule has 0 unspecified atom stereocenters. The van der Waals surface area contributed by atoms with Gasteiger partial charge in [-0.1, -0.05) is 120 Å². The summed E-state index contributed by atoms with van der Waals surface area (Å²) in [6, 6.07) is 5.61. The molecule has 0 saturated heterocycles. The number of hydrogen-bond acceptors (Lipinski definition) is 27. The first-order valence-corrected chi connectivity index (χ1v) is 42.7. The van der Waals surface area contributed by atoms with Gasteiger partial charge in [0, 0.05) is 42.9 Å². The number of aliphatic hydroxyl groups is 5. The number of carboxylic acid groups (broad SMARTS) is 1. The average Bonchev–Trinajstić information content (AvgIpc) is 1.65. The lowest BCUT2D eigenvalue weighted by Gasteiger charge is -2.27. The van der Waals surface area contributed by atoms with E-state index in [1.807, 2.05) is 0 Å². The maximum absolute atomic E-state index is 14.6. The van der Waals surface area contributed by atoms with E-state index in [1.165, 1.54) is 20.8 Å². The molecule has 0 spiro atoms. The number of aromatic nitrogens is 1. The highest BCUT2D eigenvalue weighted by Crippen LogP contribution is 2.20. The molecule has 1 heterocycles. The summed E-state index contributed by atoms with van der Waals surface area (Å²) in [6.07, 6.45) is -0.312. The van der Waals surface area contributed by atoms with Crippen molar-refractivity contribution in [2.45, 2.75) is 172 Å². The van der Waals surface area contributed by atoms with Crippen molar-refractivity contribution in [2.75, 3.05) is 85.3 Å². The van der Waals surface area contributed by atoms with Crippen molar-refractivity contribution in [2.24, 2.45) is 29.2 Å². The number of H-pyrrole nitrogens is 1. The molecule has 13 atom stereocenters. The van der Waals surface area contributed by atoms with E-state index in [9.17, 15) is 127 Å². The van der Waals surface area contributed by atoms with Crippen molar-refractivity contribution < 1.29 is 127 Å². The van der Waals surface area contributed by atoms with E-state index in [4.69, 9.17) is 16.9 Å². The highest BCUT2D eigenvalue weighted by molar-refractivity contribution is 6.01. The predicted octanol–water partition coefficient (Wildman–Crippen LogP) is -11.8. The third-order valence-corrected chi connectivity index (χ3v) is 19.7. The van der Waals surface area contributed by atoms with E-state index >= 15 is 0 Å². The maximum atomic E-state index is 14.6. The Bertz CT molecular complexity index is 4690. The van der Waals surface area contributed by atoms with Crippen LogP contribution < -0.4 is 118 Å². The smallest absolute Gasteiger partial charge is 0.326 e. The van der Waals surface area contributed by atoms with Crippen LogP contribution in [0.4, 0.5) is 0 Å². The fraction of sp³-hybridized carbons (Fsp3) is 0.512. The Hall–Kier alpha value is -14.4. The number of carbonyl (C=O) groups excluding carboxylic acids is 19. The van der Waals surface area contributed by atoms with Gasteiger partial charge in [-0.15, -0.1) is 0 Å². The molecule has 0 fully saturated rings. The summed E-state index contributed by atoms with van der Waals surface area (Å²) in [6.45, 7) is 0.797. The fourth-order valence-electron chi connectivity index (χ4n) is 12.6. The Morgan fingerprint density at radius 3 is 1.13 bits per heavy atom. The topological polar surface area (TPSA) is 795 Å². The number of para-hydroxylation sites is 1. The van der Waals surface area contributed by atoms with Crippen LogP contribution in [0, 0.1) is 23.2 Å². The Balaban J connectivity index is 1.22. The molecule has 4 rings (SSSR count). The van der Waals surface area contributed by atoms with Crippen LogP contribution in [0.1, 0.15) is 90.8 Å². The molecule has 19 amide bonds. The normalized spacial score (nSPS) is 13.9. The third-order valence-electron chi connectivity index (χ3n) is 19.7. The fourth-order valence-corrected chi connectivity index (χ4v) is 12.6. The van der Waals surface area contributed by atoms with Gasteiger partial charge in [0.2, 0.25) is 112 Å². The van der Waals surface area contributed by atoms with Gasteiger partial charge in [-0.2, -0.15) is 0 Å². The van der Waals surface area contributed by atoms with E-state index in [0.717, 1.165) is 0 Å². The molecular weight excluding hydrogens is 1760 g/mol. The number of carbonyl (C=O) groups is 20. The minimum Gasteiger partial charge on any atom is -0.480 e. The number of nitrogens with one attached hydrogen (secondary N) is 22. The Morgan fingerprint density at radius 2 is 0.687 bits per heavy atom. The van der Waals surface area contributed by atoms with Crippen LogP contribution in [0.5, 0.6) is 0 Å². The lowest BCUT2D eigenvalue weighted by molar-refractivity contribution is -0.142. The number of aliphatic hydroxyl groups excluding tert-OH is 5. The minimum absolute atomic E-state index is 0.0291. The zero-order valence-corrected chi connectivity index (χ0v) is 75.0. The average molecular weight is 1890 g/mol. The van der Waals surface area contributed by atoms with Crippen molar-refractivity contribution in [3.05, 3.63) is 108 Å². The summed E-state index contributed by atoms with van der Waals surface area (Å²) in [4.78, 5) is 267. The van der Waals surface area contributed by atoms with Crippen LogP contribution in [-0.2, 0) is 115 Å². The maximum Gasteiger partial charge on any atom is 0.326 e. The molecule has 50 nitrogen and oxygen atoms in total. The van der Waals surface area contributed by atoms with E-state index in [1.54, 1.807) is 119 Å². The molecule has 0 bridgehead atoms. The van der Waals surface area contributed by atoms with E-state index < -0.39 is 282 Å². The number of hydrogen-bond donors (Lipinski definition) is 30. The van der Waals surface area contributed by atoms with Crippen LogP contribution >= 0.6 is 0 Å².